The molecule has 214 valence electrons. The Hall–Kier alpha value is -4.35. The van der Waals surface area contributed by atoms with Gasteiger partial charge in [-0.15, -0.1) is 0 Å². The molecule has 1 amide bonds. The maximum atomic E-state index is 13.6. The molecule has 41 heavy (non-hydrogen) atoms. The van der Waals surface area contributed by atoms with Gasteiger partial charge in [0.25, 0.3) is 20.0 Å². The van der Waals surface area contributed by atoms with E-state index in [1.165, 1.54) is 49.6 Å². The molecule has 0 radical (unpaired) electrons. The van der Waals surface area contributed by atoms with Gasteiger partial charge < -0.3 is 10.1 Å². The summed E-state index contributed by atoms with van der Waals surface area (Å²) in [4.78, 5) is 13.1. The largest absolute Gasteiger partial charge is 0.497 e. The number of benzene rings is 4. The fourth-order valence-corrected chi connectivity index (χ4v) is 6.75. The molecule has 0 bridgehead atoms. The van der Waals surface area contributed by atoms with Crippen molar-refractivity contribution in [3.8, 4) is 5.75 Å². The summed E-state index contributed by atoms with van der Waals surface area (Å²) in [5, 5.41) is 2.66. The summed E-state index contributed by atoms with van der Waals surface area (Å²) in [7, 11) is -6.53. The van der Waals surface area contributed by atoms with Gasteiger partial charge in [0.05, 0.1) is 28.3 Å². The first-order chi connectivity index (χ1) is 19.4. The Bertz CT molecular complexity index is 1750. The minimum absolute atomic E-state index is 0.0121. The average molecular weight is 594 g/mol. The highest BCUT2D eigenvalue weighted by Crippen LogP contribution is 2.28. The lowest BCUT2D eigenvalue weighted by atomic mass is 10.1. The number of anilines is 3. The smallest absolute Gasteiger partial charge is 0.264 e. The number of hydrogen-bond donors (Lipinski definition) is 2. The maximum absolute atomic E-state index is 13.6. The molecule has 0 aliphatic rings. The third-order valence-electron chi connectivity index (χ3n) is 6.40. The van der Waals surface area contributed by atoms with Crippen molar-refractivity contribution < 1.29 is 26.4 Å². The molecule has 0 fully saturated rings. The monoisotopic (exact) mass is 593 g/mol. The van der Waals surface area contributed by atoms with Crippen molar-refractivity contribution in [3.63, 3.8) is 0 Å². The number of nitrogens with one attached hydrogen (secondary N) is 2. The first kappa shape index (κ1) is 29.6. The molecule has 2 N–H and O–H groups in total. The Morgan fingerprint density at radius 3 is 1.98 bits per heavy atom. The minimum atomic E-state index is -4.12. The van der Waals surface area contributed by atoms with Crippen LogP contribution < -0.4 is 19.1 Å². The molecule has 4 aromatic rings. The number of ether oxygens (including phenoxy) is 1. The first-order valence-corrected chi connectivity index (χ1v) is 15.6. The number of sulfonamides is 2. The number of rotatable bonds is 10. The van der Waals surface area contributed by atoms with Gasteiger partial charge in [-0.05, 0) is 80.4 Å². The molecular formula is C30H31N3O6S2. The molecule has 0 saturated heterocycles. The fourth-order valence-electron chi connectivity index (χ4n) is 4.14. The molecule has 0 heterocycles. The van der Waals surface area contributed by atoms with Crippen molar-refractivity contribution in [1.29, 1.82) is 0 Å². The van der Waals surface area contributed by atoms with Gasteiger partial charge in [0.1, 0.15) is 12.3 Å². The third-order valence-corrected chi connectivity index (χ3v) is 9.56. The Morgan fingerprint density at radius 2 is 1.37 bits per heavy atom. The highest BCUT2D eigenvalue weighted by molar-refractivity contribution is 7.93. The number of amides is 1. The molecule has 0 saturated carbocycles. The highest BCUT2D eigenvalue weighted by Gasteiger charge is 2.28. The van der Waals surface area contributed by atoms with E-state index in [1.54, 1.807) is 30.3 Å². The zero-order valence-corrected chi connectivity index (χ0v) is 24.7. The molecule has 0 unspecified atom stereocenters. The summed E-state index contributed by atoms with van der Waals surface area (Å²) < 4.78 is 62.1. The quantitative estimate of drug-likeness (QED) is 0.259. The molecule has 0 aliphatic carbocycles. The van der Waals surface area contributed by atoms with Crippen LogP contribution in [0.2, 0.25) is 0 Å². The van der Waals surface area contributed by atoms with Crippen LogP contribution in [-0.2, 0) is 24.8 Å². The van der Waals surface area contributed by atoms with E-state index in [9.17, 15) is 21.6 Å². The van der Waals surface area contributed by atoms with Crippen LogP contribution in [0.3, 0.4) is 0 Å². The van der Waals surface area contributed by atoms with Crippen molar-refractivity contribution in [3.05, 3.63) is 108 Å². The van der Waals surface area contributed by atoms with E-state index < -0.39 is 32.5 Å². The fraction of sp³-hybridized carbons (Fsp3) is 0.167. The van der Waals surface area contributed by atoms with E-state index >= 15 is 0 Å². The summed E-state index contributed by atoms with van der Waals surface area (Å²) >= 11 is 0. The molecule has 0 aliphatic heterocycles. The van der Waals surface area contributed by atoms with E-state index in [2.05, 4.69) is 10.0 Å². The van der Waals surface area contributed by atoms with Crippen molar-refractivity contribution in [2.75, 3.05) is 28.0 Å². The number of aryl methyl sites for hydroxylation is 3. The molecule has 0 spiro atoms. The summed E-state index contributed by atoms with van der Waals surface area (Å²) in [5.74, 6) is -0.189. The van der Waals surface area contributed by atoms with E-state index in [4.69, 9.17) is 4.74 Å². The summed E-state index contributed by atoms with van der Waals surface area (Å²) in [6.07, 6.45) is 0. The maximum Gasteiger partial charge on any atom is 0.264 e. The zero-order valence-electron chi connectivity index (χ0n) is 23.1. The molecule has 4 aromatic carbocycles. The van der Waals surface area contributed by atoms with Gasteiger partial charge in [-0.25, -0.2) is 16.8 Å². The van der Waals surface area contributed by atoms with Gasteiger partial charge in [0.15, 0.2) is 0 Å². The second kappa shape index (κ2) is 12.0. The molecule has 0 atom stereocenters. The third kappa shape index (κ3) is 6.87. The second-order valence-corrected chi connectivity index (χ2v) is 13.0. The van der Waals surface area contributed by atoms with E-state index in [1.807, 2.05) is 39.0 Å². The number of para-hydroxylation sites is 1. The van der Waals surface area contributed by atoms with Gasteiger partial charge in [0, 0.05) is 11.8 Å². The summed E-state index contributed by atoms with van der Waals surface area (Å²) in [6, 6.07) is 23.9. The van der Waals surface area contributed by atoms with Crippen LogP contribution in [0.1, 0.15) is 16.7 Å². The SMILES string of the molecule is COc1cccc(N(CC(=O)Nc2ccc(S(=O)(=O)Nc3c(C)cccc3C)cc2)S(=O)(=O)c2ccc(C)cc2)c1. The van der Waals surface area contributed by atoms with Crippen molar-refractivity contribution in [1.82, 2.24) is 0 Å². The number of carbonyl (C=O) groups excluding carboxylic acids is 1. The summed E-state index contributed by atoms with van der Waals surface area (Å²) in [6.45, 7) is 4.95. The predicted octanol–water partition coefficient (Wildman–Crippen LogP) is 5.26. The average Bonchev–Trinajstić information content (AvgIpc) is 2.94. The number of carbonyl (C=O) groups is 1. The van der Waals surface area contributed by atoms with Crippen LogP contribution in [0.25, 0.3) is 0 Å². The lowest BCUT2D eigenvalue weighted by molar-refractivity contribution is -0.114. The summed E-state index contributed by atoms with van der Waals surface area (Å²) in [5.41, 5.74) is 3.54. The molecule has 11 heteroatoms. The second-order valence-electron chi connectivity index (χ2n) is 9.47. The van der Waals surface area contributed by atoms with E-state index in [0.717, 1.165) is 21.0 Å². The Labute approximate surface area is 240 Å². The Balaban J connectivity index is 1.56. The standard InChI is InChI=1S/C30H31N3O6S2/c1-21-11-15-28(16-12-21)41(37,38)33(25-9-6-10-26(19-25)39-4)20-29(34)31-24-13-17-27(18-14-24)40(35,36)32-30-22(2)7-5-8-23(30)3/h5-19,32H,20H2,1-4H3,(H,31,34). The van der Waals surface area contributed by atoms with Crippen molar-refractivity contribution >= 4 is 43.0 Å². The topological polar surface area (TPSA) is 122 Å². The van der Waals surface area contributed by atoms with Crippen LogP contribution in [0.15, 0.2) is 101 Å². The number of methoxy groups -OCH3 is 1. The molecule has 9 nitrogen and oxygen atoms in total. The van der Waals surface area contributed by atoms with Gasteiger partial charge in [0.2, 0.25) is 5.91 Å². The van der Waals surface area contributed by atoms with Crippen LogP contribution in [0.4, 0.5) is 17.1 Å². The van der Waals surface area contributed by atoms with Crippen LogP contribution in [0.5, 0.6) is 5.75 Å². The van der Waals surface area contributed by atoms with Gasteiger partial charge in [-0.3, -0.25) is 13.8 Å². The Morgan fingerprint density at radius 1 is 0.780 bits per heavy atom. The minimum Gasteiger partial charge on any atom is -0.497 e. The van der Waals surface area contributed by atoms with E-state index in [0.29, 0.717) is 17.1 Å². The lowest BCUT2D eigenvalue weighted by Crippen LogP contribution is -2.38. The molecule has 0 aromatic heterocycles. The Kier molecular flexibility index (Phi) is 8.69. The van der Waals surface area contributed by atoms with Gasteiger partial charge >= 0.3 is 0 Å². The highest BCUT2D eigenvalue weighted by atomic mass is 32.2. The molecular weight excluding hydrogens is 562 g/mol. The van der Waals surface area contributed by atoms with Crippen LogP contribution >= 0.6 is 0 Å². The number of nitrogens with zero attached hydrogens (tertiary/aromatic N) is 1. The normalized spacial score (nSPS) is 11.5. The lowest BCUT2D eigenvalue weighted by Gasteiger charge is -2.24. The number of hydrogen-bond acceptors (Lipinski definition) is 6. The van der Waals surface area contributed by atoms with Gasteiger partial charge in [-0.1, -0.05) is 42.0 Å². The van der Waals surface area contributed by atoms with Gasteiger partial charge in [-0.2, -0.15) is 0 Å². The molecule has 4 rings (SSSR count). The van der Waals surface area contributed by atoms with E-state index in [-0.39, 0.29) is 15.5 Å². The zero-order chi connectivity index (χ0) is 29.8. The van der Waals surface area contributed by atoms with Crippen molar-refractivity contribution in [2.24, 2.45) is 0 Å². The first-order valence-electron chi connectivity index (χ1n) is 12.6. The predicted molar refractivity (Wildman–Crippen MR) is 161 cm³/mol. The van der Waals surface area contributed by atoms with Crippen molar-refractivity contribution in [2.45, 2.75) is 30.6 Å². The van der Waals surface area contributed by atoms with Crippen LogP contribution in [-0.4, -0.2) is 36.4 Å². The van der Waals surface area contributed by atoms with Crippen LogP contribution in [0, 0.1) is 20.8 Å².